The number of benzene rings is 1. The van der Waals surface area contributed by atoms with Crippen LogP contribution in [0.15, 0.2) is 24.3 Å². The molecule has 1 aromatic carbocycles. The van der Waals surface area contributed by atoms with E-state index in [2.05, 4.69) is 13.8 Å². The van der Waals surface area contributed by atoms with Crippen LogP contribution >= 0.6 is 11.8 Å². The highest BCUT2D eigenvalue weighted by Gasteiger charge is 2.42. The molecule has 0 bridgehead atoms. The van der Waals surface area contributed by atoms with Crippen molar-refractivity contribution in [3.05, 3.63) is 35.4 Å². The Bertz CT molecular complexity index is 570. The molecule has 1 aliphatic heterocycles. The van der Waals surface area contributed by atoms with Gasteiger partial charge in [-0.2, -0.15) is 0 Å². The quantitative estimate of drug-likeness (QED) is 0.731. The van der Waals surface area contributed by atoms with E-state index in [9.17, 15) is 9.59 Å². The van der Waals surface area contributed by atoms with Crippen molar-refractivity contribution in [2.45, 2.75) is 52.0 Å². The van der Waals surface area contributed by atoms with E-state index in [1.807, 2.05) is 38.1 Å². The average Bonchev–Trinajstić information content (AvgIpc) is 2.95. The first-order valence-electron chi connectivity index (χ1n) is 8.61. The van der Waals surface area contributed by atoms with Crippen molar-refractivity contribution in [1.29, 1.82) is 0 Å². The van der Waals surface area contributed by atoms with Gasteiger partial charge in [-0.25, -0.2) is 4.79 Å². The van der Waals surface area contributed by atoms with Crippen LogP contribution in [-0.2, 0) is 9.53 Å². The minimum atomic E-state index is -0.487. The Morgan fingerprint density at radius 1 is 1.29 bits per heavy atom. The summed E-state index contributed by atoms with van der Waals surface area (Å²) in [5.74, 6) is 0.707. The van der Waals surface area contributed by atoms with Crippen LogP contribution in [0.3, 0.4) is 0 Å². The van der Waals surface area contributed by atoms with Crippen molar-refractivity contribution in [3.8, 4) is 0 Å². The first-order valence-corrected chi connectivity index (χ1v) is 9.66. The summed E-state index contributed by atoms with van der Waals surface area (Å²) >= 11 is 1.68. The molecule has 1 amide bonds. The molecule has 1 fully saturated rings. The number of esters is 1. The van der Waals surface area contributed by atoms with Gasteiger partial charge in [0.15, 0.2) is 0 Å². The summed E-state index contributed by atoms with van der Waals surface area (Å²) in [7, 11) is 0. The molecule has 0 spiro atoms. The molecule has 132 valence electrons. The van der Waals surface area contributed by atoms with Crippen LogP contribution in [0.2, 0.25) is 0 Å². The van der Waals surface area contributed by atoms with Gasteiger partial charge in [0, 0.05) is 11.3 Å². The molecular formula is C19H27NO3S. The first kappa shape index (κ1) is 18.8. The van der Waals surface area contributed by atoms with Crippen LogP contribution in [0.4, 0.5) is 0 Å². The zero-order valence-corrected chi connectivity index (χ0v) is 15.8. The number of ether oxygens (including phenoxy) is 1. The fourth-order valence-corrected chi connectivity index (χ4v) is 4.37. The lowest BCUT2D eigenvalue weighted by atomic mass is 10.1. The minimum Gasteiger partial charge on any atom is -0.464 e. The number of aryl methyl sites for hydroxylation is 1. The maximum absolute atomic E-state index is 13.0. The van der Waals surface area contributed by atoms with Crippen molar-refractivity contribution < 1.29 is 14.3 Å². The molecule has 2 unspecified atom stereocenters. The summed E-state index contributed by atoms with van der Waals surface area (Å²) in [6, 6.07) is 7.04. The first-order chi connectivity index (χ1) is 11.4. The lowest BCUT2D eigenvalue weighted by Gasteiger charge is -2.29. The molecule has 0 aromatic heterocycles. The Hall–Kier alpha value is -1.49. The van der Waals surface area contributed by atoms with E-state index in [0.717, 1.165) is 18.4 Å². The molecule has 5 heteroatoms. The molecule has 0 N–H and O–H groups in total. The van der Waals surface area contributed by atoms with Crippen LogP contribution in [0.5, 0.6) is 0 Å². The third-order valence-electron chi connectivity index (χ3n) is 4.02. The van der Waals surface area contributed by atoms with Gasteiger partial charge in [0.25, 0.3) is 5.91 Å². The fraction of sp³-hybridized carbons (Fsp3) is 0.579. The van der Waals surface area contributed by atoms with E-state index in [4.69, 9.17) is 4.74 Å². The second-order valence-corrected chi connectivity index (χ2v) is 7.89. The maximum atomic E-state index is 13.0. The predicted molar refractivity (Wildman–Crippen MR) is 98.1 cm³/mol. The molecular weight excluding hydrogens is 322 g/mol. The minimum absolute atomic E-state index is 0.0259. The highest BCUT2D eigenvalue weighted by atomic mass is 32.2. The number of carbonyl (C=O) groups is 2. The van der Waals surface area contributed by atoms with Gasteiger partial charge in [0.2, 0.25) is 0 Å². The molecule has 1 heterocycles. The summed E-state index contributed by atoms with van der Waals surface area (Å²) < 4.78 is 5.32. The van der Waals surface area contributed by atoms with Crippen LogP contribution in [0, 0.1) is 12.8 Å². The van der Waals surface area contributed by atoms with Gasteiger partial charge in [0.05, 0.1) is 12.0 Å². The van der Waals surface area contributed by atoms with Crippen molar-refractivity contribution in [1.82, 2.24) is 4.90 Å². The van der Waals surface area contributed by atoms with Crippen molar-refractivity contribution >= 4 is 23.6 Å². The van der Waals surface area contributed by atoms with Crippen molar-refractivity contribution in [2.24, 2.45) is 5.92 Å². The Morgan fingerprint density at radius 2 is 1.96 bits per heavy atom. The molecule has 1 aliphatic rings. The van der Waals surface area contributed by atoms with E-state index in [1.165, 1.54) is 0 Å². The van der Waals surface area contributed by atoms with E-state index in [1.54, 1.807) is 16.7 Å². The molecule has 1 saturated heterocycles. The molecule has 2 atom stereocenters. The Kier molecular flexibility index (Phi) is 6.72. The van der Waals surface area contributed by atoms with Gasteiger partial charge in [-0.15, -0.1) is 11.8 Å². The van der Waals surface area contributed by atoms with E-state index in [-0.39, 0.29) is 17.3 Å². The van der Waals surface area contributed by atoms with E-state index < -0.39 is 6.04 Å². The largest absolute Gasteiger partial charge is 0.464 e. The van der Waals surface area contributed by atoms with Gasteiger partial charge in [0.1, 0.15) is 6.04 Å². The number of thioether (sulfide) groups is 1. The van der Waals surface area contributed by atoms with Gasteiger partial charge in [-0.1, -0.05) is 38.5 Å². The third-order valence-corrected chi connectivity index (χ3v) is 5.33. The zero-order valence-electron chi connectivity index (χ0n) is 15.0. The van der Waals surface area contributed by atoms with Crippen LogP contribution in [0.25, 0.3) is 0 Å². The summed E-state index contributed by atoms with van der Waals surface area (Å²) in [6.45, 7) is 8.64. The number of hydrogen-bond acceptors (Lipinski definition) is 4. The summed E-state index contributed by atoms with van der Waals surface area (Å²) in [5, 5.41) is 0.0259. The summed E-state index contributed by atoms with van der Waals surface area (Å²) in [5.41, 5.74) is 1.74. The normalized spacial score (nSPS) is 20.5. The molecule has 2 rings (SSSR count). The fourth-order valence-electron chi connectivity index (χ4n) is 2.75. The monoisotopic (exact) mass is 349 g/mol. The van der Waals surface area contributed by atoms with Gasteiger partial charge in [-0.3, -0.25) is 4.79 Å². The highest BCUT2D eigenvalue weighted by molar-refractivity contribution is 8.00. The van der Waals surface area contributed by atoms with Gasteiger partial charge >= 0.3 is 5.97 Å². The molecule has 4 nitrogen and oxygen atoms in total. The predicted octanol–water partition coefficient (Wildman–Crippen LogP) is 3.88. The van der Waals surface area contributed by atoms with Crippen LogP contribution < -0.4 is 0 Å². The summed E-state index contributed by atoms with van der Waals surface area (Å²) in [6.07, 6.45) is 1.66. The molecule has 24 heavy (non-hydrogen) atoms. The van der Waals surface area contributed by atoms with Crippen LogP contribution in [-0.4, -0.2) is 40.6 Å². The second kappa shape index (κ2) is 8.56. The standard InChI is InChI=1S/C19H27NO3S/c1-5-10-23-19(22)16-12-24-17(11-13(2)3)20(16)18(21)15-8-6-14(4)7-9-15/h6-9,13,16-17H,5,10-12H2,1-4H3. The SMILES string of the molecule is CCCOC(=O)C1CSC(CC(C)C)N1C(=O)c1ccc(C)cc1. The Balaban J connectivity index is 2.23. The molecule has 1 aromatic rings. The van der Waals surface area contributed by atoms with Gasteiger partial charge < -0.3 is 9.64 Å². The maximum Gasteiger partial charge on any atom is 0.329 e. The Labute approximate surface area is 148 Å². The highest BCUT2D eigenvalue weighted by Crippen LogP contribution is 2.35. The third kappa shape index (κ3) is 4.53. The lowest BCUT2D eigenvalue weighted by Crippen LogP contribution is -2.46. The number of hydrogen-bond donors (Lipinski definition) is 0. The lowest BCUT2D eigenvalue weighted by molar-refractivity contribution is -0.148. The topological polar surface area (TPSA) is 46.6 Å². The number of carbonyl (C=O) groups excluding carboxylic acids is 2. The Morgan fingerprint density at radius 3 is 2.54 bits per heavy atom. The van der Waals surface area contributed by atoms with Gasteiger partial charge in [-0.05, 0) is 37.8 Å². The zero-order chi connectivity index (χ0) is 17.7. The molecule has 0 aliphatic carbocycles. The van der Waals surface area contributed by atoms with Crippen molar-refractivity contribution in [2.75, 3.05) is 12.4 Å². The molecule has 0 radical (unpaired) electrons. The van der Waals surface area contributed by atoms with Crippen LogP contribution in [0.1, 0.15) is 49.5 Å². The second-order valence-electron chi connectivity index (χ2n) is 6.68. The number of nitrogens with zero attached hydrogens (tertiary/aromatic N) is 1. The van der Waals surface area contributed by atoms with Crippen molar-refractivity contribution in [3.63, 3.8) is 0 Å². The summed E-state index contributed by atoms with van der Waals surface area (Å²) in [4.78, 5) is 27.2. The molecule has 0 saturated carbocycles. The number of rotatable bonds is 6. The average molecular weight is 349 g/mol. The van der Waals surface area contributed by atoms with E-state index >= 15 is 0 Å². The smallest absolute Gasteiger partial charge is 0.329 e. The number of amides is 1. The van der Waals surface area contributed by atoms with E-state index in [0.29, 0.717) is 23.8 Å².